The molecule has 0 N–H and O–H groups in total. The van der Waals surface area contributed by atoms with E-state index in [1.165, 1.54) is 71.0 Å². The topological polar surface area (TPSA) is 32.1 Å². The van der Waals surface area contributed by atoms with E-state index < -0.39 is 0 Å². The average molecular weight is 982 g/mol. The molecule has 0 atom stereocenters. The van der Waals surface area contributed by atoms with Gasteiger partial charge in [0, 0.05) is 77.7 Å². The highest BCUT2D eigenvalue weighted by atomic mass is 15.0. The van der Waals surface area contributed by atoms with Gasteiger partial charge in [0.25, 0.3) is 0 Å². The van der Waals surface area contributed by atoms with E-state index in [1.807, 2.05) is 0 Å². The summed E-state index contributed by atoms with van der Waals surface area (Å²) >= 11 is 0. The minimum Gasteiger partial charge on any atom is -0.309 e. The third kappa shape index (κ3) is 6.70. The molecular formula is C72H47N5. The SMILES string of the molecule is C1=c2c(c3cc(-c4ccc5c(c4)c4ccccc4n5-c4ccccc4)ccc3n2-c2ccccc2)=C(c2ccc(-n3c4ccccc4c4ccccc43)cc2)N=C(c2ccc(-n3c4ccccc4c4ccccc43)cc2)C1. The summed E-state index contributed by atoms with van der Waals surface area (Å²) in [6.07, 6.45) is 3.05. The molecule has 0 unspecified atom stereocenters. The van der Waals surface area contributed by atoms with Gasteiger partial charge in [-0.15, -0.1) is 0 Å². The van der Waals surface area contributed by atoms with E-state index in [9.17, 15) is 0 Å². The Hall–Kier alpha value is -10.2. The van der Waals surface area contributed by atoms with Gasteiger partial charge < -0.3 is 18.3 Å². The molecule has 77 heavy (non-hydrogen) atoms. The van der Waals surface area contributed by atoms with Crippen LogP contribution in [-0.4, -0.2) is 24.0 Å². The third-order valence-electron chi connectivity index (χ3n) is 16.0. The van der Waals surface area contributed by atoms with Crippen LogP contribution in [0.4, 0.5) is 0 Å². The summed E-state index contributed by atoms with van der Waals surface area (Å²) in [7, 11) is 0. The molecule has 15 aromatic rings. The van der Waals surface area contributed by atoms with Crippen LogP contribution in [-0.2, 0) is 0 Å². The second kappa shape index (κ2) is 17.2. The van der Waals surface area contributed by atoms with E-state index in [2.05, 4.69) is 291 Å². The Labute approximate surface area is 443 Å². The zero-order valence-electron chi connectivity index (χ0n) is 41.9. The molecule has 11 aromatic carbocycles. The highest BCUT2D eigenvalue weighted by Crippen LogP contribution is 2.38. The maximum Gasteiger partial charge on any atom is 0.0805 e. The van der Waals surface area contributed by atoms with Crippen molar-refractivity contribution in [1.29, 1.82) is 0 Å². The number of nitrogens with zero attached hydrogens (tertiary/aromatic N) is 5. The lowest BCUT2D eigenvalue weighted by Gasteiger charge is -2.12. The van der Waals surface area contributed by atoms with Gasteiger partial charge in [0.15, 0.2) is 0 Å². The summed E-state index contributed by atoms with van der Waals surface area (Å²) < 4.78 is 9.60. The predicted octanol–water partition coefficient (Wildman–Crippen LogP) is 16.4. The minimum atomic E-state index is 0.642. The molecule has 0 amide bonds. The second-order valence-electron chi connectivity index (χ2n) is 20.2. The van der Waals surface area contributed by atoms with Gasteiger partial charge in [0.1, 0.15) is 0 Å². The number of aliphatic imine (C=N–C) groups is 1. The van der Waals surface area contributed by atoms with Crippen molar-refractivity contribution >= 4 is 93.8 Å². The van der Waals surface area contributed by atoms with Crippen molar-refractivity contribution in [2.24, 2.45) is 4.99 Å². The fourth-order valence-electron chi connectivity index (χ4n) is 12.6. The van der Waals surface area contributed by atoms with E-state index in [0.717, 1.165) is 72.3 Å². The molecular weight excluding hydrogens is 935 g/mol. The minimum absolute atomic E-state index is 0.642. The maximum absolute atomic E-state index is 5.88. The van der Waals surface area contributed by atoms with Crippen LogP contribution in [0.5, 0.6) is 0 Å². The molecule has 1 aliphatic rings. The molecule has 0 bridgehead atoms. The van der Waals surface area contributed by atoms with Crippen LogP contribution < -0.4 is 10.6 Å². The van der Waals surface area contributed by atoms with Crippen LogP contribution in [0.2, 0.25) is 0 Å². The van der Waals surface area contributed by atoms with Crippen molar-refractivity contribution in [1.82, 2.24) is 18.3 Å². The van der Waals surface area contributed by atoms with Crippen molar-refractivity contribution in [3.8, 4) is 33.9 Å². The quantitative estimate of drug-likeness (QED) is 0.152. The summed E-state index contributed by atoms with van der Waals surface area (Å²) in [6.45, 7) is 0. The number of aromatic nitrogens is 4. The number of hydrogen-bond donors (Lipinski definition) is 0. The molecule has 0 radical (unpaired) electrons. The van der Waals surface area contributed by atoms with E-state index in [-0.39, 0.29) is 0 Å². The van der Waals surface area contributed by atoms with Gasteiger partial charge in [-0.1, -0.05) is 170 Å². The van der Waals surface area contributed by atoms with Crippen LogP contribution in [0, 0.1) is 0 Å². The molecule has 1 aliphatic heterocycles. The molecule has 0 saturated carbocycles. The Morgan fingerprint density at radius 2 is 0.597 bits per heavy atom. The summed E-state index contributed by atoms with van der Waals surface area (Å²) in [6, 6.07) is 97.3. The lowest BCUT2D eigenvalue weighted by atomic mass is 10.00. The van der Waals surface area contributed by atoms with E-state index in [0.29, 0.717) is 6.42 Å². The summed E-state index contributed by atoms with van der Waals surface area (Å²) in [5.74, 6) is 0. The summed E-state index contributed by atoms with van der Waals surface area (Å²) in [5, 5.41) is 10.9. The predicted molar refractivity (Wildman–Crippen MR) is 322 cm³/mol. The van der Waals surface area contributed by atoms with Gasteiger partial charge in [0.05, 0.1) is 55.4 Å². The van der Waals surface area contributed by atoms with Crippen LogP contribution in [0.1, 0.15) is 17.5 Å². The van der Waals surface area contributed by atoms with Crippen molar-refractivity contribution < 1.29 is 0 Å². The molecule has 0 aliphatic carbocycles. The number of para-hydroxylation sites is 7. The third-order valence-corrected chi connectivity index (χ3v) is 16.0. The fraction of sp³-hybridized carbons (Fsp3) is 0.0139. The normalized spacial score (nSPS) is 12.8. The lowest BCUT2D eigenvalue weighted by molar-refractivity contribution is 1.06. The molecule has 0 spiro atoms. The smallest absolute Gasteiger partial charge is 0.0805 e. The Bertz CT molecular complexity index is 4920. The Kier molecular flexibility index (Phi) is 9.63. The Morgan fingerprint density at radius 1 is 0.260 bits per heavy atom. The average Bonchev–Trinajstić information content (AvgIpc) is 4.24. The van der Waals surface area contributed by atoms with Crippen molar-refractivity contribution in [3.63, 3.8) is 0 Å². The van der Waals surface area contributed by atoms with Gasteiger partial charge in [-0.3, -0.25) is 4.99 Å². The first-order chi connectivity index (χ1) is 38.2. The second-order valence-corrected chi connectivity index (χ2v) is 20.2. The number of hydrogen-bond acceptors (Lipinski definition) is 1. The van der Waals surface area contributed by atoms with E-state index in [1.54, 1.807) is 0 Å². The van der Waals surface area contributed by atoms with Crippen LogP contribution >= 0.6 is 0 Å². The first-order valence-electron chi connectivity index (χ1n) is 26.5. The molecule has 5 heteroatoms. The monoisotopic (exact) mass is 981 g/mol. The Morgan fingerprint density at radius 3 is 1.06 bits per heavy atom. The van der Waals surface area contributed by atoms with Gasteiger partial charge in [0.2, 0.25) is 0 Å². The van der Waals surface area contributed by atoms with Crippen molar-refractivity contribution in [3.05, 3.63) is 289 Å². The number of benzene rings is 11. The molecule has 0 saturated heterocycles. The van der Waals surface area contributed by atoms with Gasteiger partial charge >= 0.3 is 0 Å². The maximum atomic E-state index is 5.88. The van der Waals surface area contributed by atoms with Crippen LogP contribution in [0.15, 0.2) is 272 Å². The molecule has 360 valence electrons. The summed E-state index contributed by atoms with van der Waals surface area (Å²) in [4.78, 5) is 5.88. The molecule has 0 fully saturated rings. The zero-order chi connectivity index (χ0) is 50.6. The van der Waals surface area contributed by atoms with Gasteiger partial charge in [-0.25, -0.2) is 0 Å². The lowest BCUT2D eigenvalue weighted by Crippen LogP contribution is -2.30. The van der Waals surface area contributed by atoms with Crippen LogP contribution in [0.3, 0.4) is 0 Å². The van der Waals surface area contributed by atoms with E-state index >= 15 is 0 Å². The standard InChI is InChI=1S/C72H47N5/c1-3-17-51(18-4-1)74-67-30-16-11-25-59(67)60-45-49(35-42-68(60)74)50-36-43-69-61(46-50)71-70(77(69)52-19-5-2-6-20-52)44-41-62(47-31-37-53(38-32-47)75-63-26-12-7-21-55(63)56-22-8-13-27-64(56)75)73-72(71)48-33-39-54(40-34-48)76-65-28-14-9-23-57(65)58-24-10-15-29-66(58)76/h1-40,42-46H,41H2. The Balaban J connectivity index is 0.925. The van der Waals surface area contributed by atoms with Crippen molar-refractivity contribution in [2.75, 3.05) is 0 Å². The largest absolute Gasteiger partial charge is 0.309 e. The molecule has 16 rings (SSSR count). The van der Waals surface area contributed by atoms with Crippen molar-refractivity contribution in [2.45, 2.75) is 6.42 Å². The van der Waals surface area contributed by atoms with Gasteiger partial charge in [-0.2, -0.15) is 0 Å². The highest BCUT2D eigenvalue weighted by molar-refractivity contribution is 6.13. The summed E-state index contributed by atoms with van der Waals surface area (Å²) in [5.41, 5.74) is 19.2. The number of rotatable bonds is 7. The molecule has 4 aromatic heterocycles. The first-order valence-corrected chi connectivity index (χ1v) is 26.5. The van der Waals surface area contributed by atoms with Gasteiger partial charge in [-0.05, 0) is 120 Å². The molecule has 5 nitrogen and oxygen atoms in total. The van der Waals surface area contributed by atoms with Crippen LogP contribution in [0.25, 0.3) is 122 Å². The molecule has 5 heterocycles. The van der Waals surface area contributed by atoms with E-state index in [4.69, 9.17) is 4.99 Å². The first kappa shape index (κ1) is 43.2. The highest BCUT2D eigenvalue weighted by Gasteiger charge is 2.21. The fourth-order valence-corrected chi connectivity index (χ4v) is 12.6. The zero-order valence-corrected chi connectivity index (χ0v) is 41.9. The number of fused-ring (bicyclic) bond motifs is 12.